The number of anilines is 1. The van der Waals surface area contributed by atoms with Crippen LogP contribution in [0.2, 0.25) is 0 Å². The average molecular weight is 282 g/mol. The zero-order chi connectivity index (χ0) is 12.5. The molecule has 1 saturated heterocycles. The Balaban J connectivity index is 1.82. The third kappa shape index (κ3) is 2.41. The third-order valence-electron chi connectivity index (χ3n) is 2.95. The number of thiazole rings is 1. The zero-order valence-electron chi connectivity index (χ0n) is 9.80. The molecular weight excluding hydrogens is 268 g/mol. The largest absolute Gasteiger partial charge is 0.399 e. The van der Waals surface area contributed by atoms with Crippen molar-refractivity contribution in [1.29, 1.82) is 0 Å². The van der Waals surface area contributed by atoms with E-state index < -0.39 is 10.8 Å². The van der Waals surface area contributed by atoms with Crippen LogP contribution in [0.15, 0.2) is 22.5 Å². The van der Waals surface area contributed by atoms with Crippen molar-refractivity contribution in [2.24, 2.45) is 0 Å². The fraction of sp³-hybridized carbons (Fsp3) is 0.417. The van der Waals surface area contributed by atoms with Crippen LogP contribution in [0.1, 0.15) is 12.8 Å². The molecule has 2 atom stereocenters. The fourth-order valence-electron chi connectivity index (χ4n) is 2.03. The summed E-state index contributed by atoms with van der Waals surface area (Å²) in [5, 5.41) is 0. The maximum atomic E-state index is 12.2. The summed E-state index contributed by atoms with van der Waals surface area (Å²) in [4.78, 5) is 4.40. The van der Waals surface area contributed by atoms with Gasteiger partial charge in [0.05, 0.1) is 32.9 Å². The summed E-state index contributed by atoms with van der Waals surface area (Å²) in [6, 6.07) is 5.56. The van der Waals surface area contributed by atoms with Crippen LogP contribution in [-0.2, 0) is 15.5 Å². The molecule has 0 saturated carbocycles. The number of nitrogens with two attached hydrogens (primary N) is 1. The SMILES string of the molecule is Nc1ccc2nc(S(=O)CC3CCCO3)sc2c1. The highest BCUT2D eigenvalue weighted by Gasteiger charge is 2.21. The topological polar surface area (TPSA) is 65.2 Å². The molecule has 6 heteroatoms. The summed E-state index contributed by atoms with van der Waals surface area (Å²) in [6.07, 6.45) is 2.20. The van der Waals surface area contributed by atoms with E-state index in [1.54, 1.807) is 0 Å². The Morgan fingerprint density at radius 1 is 1.56 bits per heavy atom. The molecule has 1 fully saturated rings. The summed E-state index contributed by atoms with van der Waals surface area (Å²) in [6.45, 7) is 0.790. The normalized spacial score (nSPS) is 21.4. The molecule has 2 unspecified atom stereocenters. The highest BCUT2D eigenvalue weighted by molar-refractivity contribution is 7.87. The first-order valence-electron chi connectivity index (χ1n) is 5.88. The number of aromatic nitrogens is 1. The van der Waals surface area contributed by atoms with Crippen LogP contribution in [-0.4, -0.2) is 27.7 Å². The molecule has 0 spiro atoms. The second-order valence-electron chi connectivity index (χ2n) is 4.35. The quantitative estimate of drug-likeness (QED) is 0.876. The second-order valence-corrected chi connectivity index (χ2v) is 7.05. The fourth-order valence-corrected chi connectivity index (χ4v) is 4.57. The maximum Gasteiger partial charge on any atom is 0.181 e. The average Bonchev–Trinajstić information content (AvgIpc) is 2.96. The smallest absolute Gasteiger partial charge is 0.181 e. The van der Waals surface area contributed by atoms with Crippen LogP contribution < -0.4 is 5.73 Å². The first kappa shape index (κ1) is 12.1. The Kier molecular flexibility index (Phi) is 3.32. The molecule has 2 heterocycles. The van der Waals surface area contributed by atoms with E-state index in [9.17, 15) is 4.21 Å². The molecule has 0 bridgehead atoms. The van der Waals surface area contributed by atoms with Gasteiger partial charge in [-0.05, 0) is 31.0 Å². The van der Waals surface area contributed by atoms with Gasteiger partial charge in [0.25, 0.3) is 0 Å². The second kappa shape index (κ2) is 4.95. The number of nitrogens with zero attached hydrogens (tertiary/aromatic N) is 1. The standard InChI is InChI=1S/C12H14N2O2S2/c13-8-3-4-10-11(6-8)17-12(14-10)18(15)7-9-2-1-5-16-9/h3-4,6,9H,1-2,5,7,13H2. The molecule has 1 aliphatic heterocycles. The van der Waals surface area contributed by atoms with E-state index in [2.05, 4.69) is 4.98 Å². The van der Waals surface area contributed by atoms with Crippen molar-refractivity contribution in [1.82, 2.24) is 4.98 Å². The first-order chi connectivity index (χ1) is 8.72. The minimum Gasteiger partial charge on any atom is -0.399 e. The highest BCUT2D eigenvalue weighted by atomic mass is 32.2. The number of nitrogen functional groups attached to an aromatic ring is 1. The molecule has 1 aromatic carbocycles. The van der Waals surface area contributed by atoms with Gasteiger partial charge in [-0.1, -0.05) is 0 Å². The van der Waals surface area contributed by atoms with E-state index in [1.165, 1.54) is 11.3 Å². The first-order valence-corrected chi connectivity index (χ1v) is 8.02. The van der Waals surface area contributed by atoms with Gasteiger partial charge < -0.3 is 10.5 Å². The lowest BCUT2D eigenvalue weighted by Crippen LogP contribution is -2.15. The molecule has 18 heavy (non-hydrogen) atoms. The molecule has 1 aromatic heterocycles. The molecule has 3 rings (SSSR count). The van der Waals surface area contributed by atoms with E-state index in [0.717, 1.165) is 29.7 Å². The predicted octanol–water partition coefficient (Wildman–Crippen LogP) is 2.17. The molecule has 2 N–H and O–H groups in total. The van der Waals surface area contributed by atoms with Crippen LogP contribution in [0.25, 0.3) is 10.2 Å². The highest BCUT2D eigenvalue weighted by Crippen LogP contribution is 2.27. The van der Waals surface area contributed by atoms with Crippen LogP contribution in [0.5, 0.6) is 0 Å². The van der Waals surface area contributed by atoms with Crippen LogP contribution in [0, 0.1) is 0 Å². The maximum absolute atomic E-state index is 12.2. The van der Waals surface area contributed by atoms with Crippen molar-refractivity contribution in [3.05, 3.63) is 18.2 Å². The number of hydrogen-bond acceptors (Lipinski definition) is 5. The van der Waals surface area contributed by atoms with Crippen LogP contribution in [0.4, 0.5) is 5.69 Å². The minimum absolute atomic E-state index is 0.128. The lowest BCUT2D eigenvalue weighted by atomic mass is 10.3. The van der Waals surface area contributed by atoms with Crippen molar-refractivity contribution in [2.75, 3.05) is 18.1 Å². The number of benzene rings is 1. The van der Waals surface area contributed by atoms with E-state index in [1.807, 2.05) is 18.2 Å². The third-order valence-corrected chi connectivity index (χ3v) is 5.72. The molecule has 1 aliphatic rings. The van der Waals surface area contributed by atoms with Gasteiger partial charge in [-0.2, -0.15) is 0 Å². The molecule has 96 valence electrons. The Hall–Kier alpha value is -0.980. The number of ether oxygens (including phenoxy) is 1. The molecule has 4 nitrogen and oxygen atoms in total. The van der Waals surface area contributed by atoms with E-state index in [-0.39, 0.29) is 6.10 Å². The van der Waals surface area contributed by atoms with Crippen LogP contribution >= 0.6 is 11.3 Å². The monoisotopic (exact) mass is 282 g/mol. The van der Waals surface area contributed by atoms with Crippen molar-refractivity contribution in [3.8, 4) is 0 Å². The van der Waals surface area contributed by atoms with Gasteiger partial charge in [0.1, 0.15) is 0 Å². The molecule has 0 radical (unpaired) electrons. The zero-order valence-corrected chi connectivity index (χ0v) is 11.4. The molecular formula is C12H14N2O2S2. The van der Waals surface area contributed by atoms with Crippen molar-refractivity contribution in [3.63, 3.8) is 0 Å². The number of fused-ring (bicyclic) bond motifs is 1. The predicted molar refractivity (Wildman–Crippen MR) is 74.3 cm³/mol. The Labute approximate surface area is 112 Å². The van der Waals surface area contributed by atoms with Crippen molar-refractivity contribution >= 4 is 38.0 Å². The van der Waals surface area contributed by atoms with Gasteiger partial charge >= 0.3 is 0 Å². The van der Waals surface area contributed by atoms with Gasteiger partial charge in [-0.3, -0.25) is 4.21 Å². The summed E-state index contributed by atoms with van der Waals surface area (Å²) < 4.78 is 19.4. The van der Waals surface area contributed by atoms with Crippen LogP contribution in [0.3, 0.4) is 0 Å². The number of hydrogen-bond donors (Lipinski definition) is 1. The van der Waals surface area contributed by atoms with Gasteiger partial charge in [0, 0.05) is 12.3 Å². The summed E-state index contributed by atoms with van der Waals surface area (Å²) in [5.41, 5.74) is 7.30. The summed E-state index contributed by atoms with van der Waals surface area (Å²) in [5.74, 6) is 0.551. The van der Waals surface area contributed by atoms with Crippen molar-refractivity contribution in [2.45, 2.75) is 23.3 Å². The minimum atomic E-state index is -1.07. The Morgan fingerprint density at radius 3 is 3.22 bits per heavy atom. The van der Waals surface area contributed by atoms with Crippen molar-refractivity contribution < 1.29 is 8.95 Å². The van der Waals surface area contributed by atoms with E-state index >= 15 is 0 Å². The lowest BCUT2D eigenvalue weighted by molar-refractivity contribution is 0.128. The van der Waals surface area contributed by atoms with Gasteiger partial charge in [-0.15, -0.1) is 11.3 Å². The summed E-state index contributed by atoms with van der Waals surface area (Å²) in [7, 11) is -1.07. The van der Waals surface area contributed by atoms with Gasteiger partial charge in [0.2, 0.25) is 0 Å². The lowest BCUT2D eigenvalue weighted by Gasteiger charge is -2.06. The molecule has 0 amide bonds. The van der Waals surface area contributed by atoms with Gasteiger partial charge in [0.15, 0.2) is 4.34 Å². The number of rotatable bonds is 3. The van der Waals surface area contributed by atoms with E-state index in [4.69, 9.17) is 10.5 Å². The Bertz CT molecular complexity index is 591. The molecule has 0 aliphatic carbocycles. The summed E-state index contributed by atoms with van der Waals surface area (Å²) >= 11 is 1.46. The Morgan fingerprint density at radius 2 is 2.44 bits per heavy atom. The van der Waals surface area contributed by atoms with E-state index in [0.29, 0.717) is 15.8 Å². The molecule has 2 aromatic rings. The van der Waals surface area contributed by atoms with Gasteiger partial charge in [-0.25, -0.2) is 4.98 Å².